The highest BCUT2D eigenvalue weighted by Gasteiger charge is 2.14. The first-order valence-electron chi connectivity index (χ1n) is 9.19. The first-order chi connectivity index (χ1) is 12.8. The highest BCUT2D eigenvalue weighted by Crippen LogP contribution is 2.23. The van der Waals surface area contributed by atoms with Crippen LogP contribution in [-0.4, -0.2) is 37.2 Å². The number of rotatable bonds is 7. The number of hydrogen-bond donors (Lipinski definition) is 2. The summed E-state index contributed by atoms with van der Waals surface area (Å²) in [6.45, 7) is 10.2. The highest BCUT2D eigenvalue weighted by atomic mass is 32.1. The van der Waals surface area contributed by atoms with Crippen LogP contribution in [0, 0.1) is 0 Å². The topological polar surface area (TPSA) is 61.8 Å². The number of benzene rings is 1. The third-order valence-corrected chi connectivity index (χ3v) is 4.56. The van der Waals surface area contributed by atoms with Crippen LogP contribution in [0.5, 0.6) is 5.75 Å². The molecule has 0 radical (unpaired) electrons. The molecule has 148 valence electrons. The molecule has 0 saturated heterocycles. The molecule has 0 unspecified atom stereocenters. The highest BCUT2D eigenvalue weighted by molar-refractivity contribution is 7.13. The van der Waals surface area contributed by atoms with E-state index in [0.29, 0.717) is 13.1 Å². The molecule has 2 aromatic rings. The standard InChI is InChI=1S/C20H31N5OS/c1-7-21-18(23-13-16-14-27-19(24-16)25(5)6)22-12-15-10-8-9-11-17(15)26-20(2,3)4/h8-11,14H,7,12-13H2,1-6H3,(H2,21,22,23). The number of ether oxygens (including phenoxy) is 1. The van der Waals surface area contributed by atoms with Gasteiger partial charge >= 0.3 is 0 Å². The van der Waals surface area contributed by atoms with Gasteiger partial charge in [-0.15, -0.1) is 11.3 Å². The first kappa shape index (κ1) is 21.0. The normalized spacial score (nSPS) is 12.0. The van der Waals surface area contributed by atoms with Crippen molar-refractivity contribution >= 4 is 22.4 Å². The summed E-state index contributed by atoms with van der Waals surface area (Å²) in [5, 5.41) is 9.70. The molecule has 0 amide bonds. The van der Waals surface area contributed by atoms with Crippen molar-refractivity contribution in [1.82, 2.24) is 15.6 Å². The summed E-state index contributed by atoms with van der Waals surface area (Å²) < 4.78 is 6.06. The molecule has 1 heterocycles. The van der Waals surface area contributed by atoms with Gasteiger partial charge in [-0.1, -0.05) is 18.2 Å². The number of nitrogens with zero attached hydrogens (tertiary/aromatic N) is 3. The van der Waals surface area contributed by atoms with Gasteiger partial charge in [-0.3, -0.25) is 0 Å². The fraction of sp³-hybridized carbons (Fsp3) is 0.500. The van der Waals surface area contributed by atoms with Crippen molar-refractivity contribution < 1.29 is 4.74 Å². The Morgan fingerprint density at radius 3 is 2.59 bits per heavy atom. The average molecular weight is 390 g/mol. The van der Waals surface area contributed by atoms with E-state index < -0.39 is 0 Å². The summed E-state index contributed by atoms with van der Waals surface area (Å²) >= 11 is 1.64. The molecule has 0 atom stereocenters. The second-order valence-electron chi connectivity index (χ2n) is 7.39. The van der Waals surface area contributed by atoms with Crippen LogP contribution in [0.3, 0.4) is 0 Å². The lowest BCUT2D eigenvalue weighted by atomic mass is 10.1. The van der Waals surface area contributed by atoms with Crippen molar-refractivity contribution in [2.24, 2.45) is 4.99 Å². The number of anilines is 1. The number of hydrogen-bond acceptors (Lipinski definition) is 5. The van der Waals surface area contributed by atoms with Gasteiger partial charge in [0.2, 0.25) is 0 Å². The van der Waals surface area contributed by atoms with E-state index in [1.165, 1.54) is 0 Å². The molecule has 6 nitrogen and oxygen atoms in total. The number of guanidine groups is 1. The lowest BCUT2D eigenvalue weighted by molar-refractivity contribution is 0.129. The van der Waals surface area contributed by atoms with Crippen molar-refractivity contribution in [3.8, 4) is 5.75 Å². The second-order valence-corrected chi connectivity index (χ2v) is 8.22. The van der Waals surface area contributed by atoms with Crippen molar-refractivity contribution in [2.45, 2.75) is 46.4 Å². The zero-order chi connectivity index (χ0) is 19.9. The van der Waals surface area contributed by atoms with E-state index in [1.807, 2.05) is 37.2 Å². The minimum Gasteiger partial charge on any atom is -0.488 e. The Kier molecular flexibility index (Phi) is 7.47. The largest absolute Gasteiger partial charge is 0.488 e. The maximum Gasteiger partial charge on any atom is 0.191 e. The van der Waals surface area contributed by atoms with Gasteiger partial charge in [0.25, 0.3) is 0 Å². The second kappa shape index (κ2) is 9.60. The van der Waals surface area contributed by atoms with Gasteiger partial charge in [-0.05, 0) is 33.8 Å². The van der Waals surface area contributed by atoms with Crippen molar-refractivity contribution in [3.05, 3.63) is 40.9 Å². The minimum absolute atomic E-state index is 0.239. The van der Waals surface area contributed by atoms with Crippen LogP contribution in [0.25, 0.3) is 0 Å². The van der Waals surface area contributed by atoms with Gasteiger partial charge in [0.15, 0.2) is 11.1 Å². The smallest absolute Gasteiger partial charge is 0.191 e. The van der Waals surface area contributed by atoms with E-state index >= 15 is 0 Å². The van der Waals surface area contributed by atoms with Crippen LogP contribution in [-0.2, 0) is 13.1 Å². The Bertz CT molecular complexity index is 749. The van der Waals surface area contributed by atoms with Gasteiger partial charge in [0.05, 0.1) is 18.8 Å². The molecule has 0 aliphatic carbocycles. The van der Waals surface area contributed by atoms with E-state index in [-0.39, 0.29) is 5.60 Å². The summed E-state index contributed by atoms with van der Waals surface area (Å²) in [5.41, 5.74) is 1.83. The van der Waals surface area contributed by atoms with Gasteiger partial charge in [0, 0.05) is 31.6 Å². The molecule has 0 saturated carbocycles. The first-order valence-corrected chi connectivity index (χ1v) is 10.1. The van der Waals surface area contributed by atoms with Crippen molar-refractivity contribution in [2.75, 3.05) is 25.5 Å². The van der Waals surface area contributed by atoms with E-state index in [9.17, 15) is 0 Å². The fourth-order valence-electron chi connectivity index (χ4n) is 2.33. The lowest BCUT2D eigenvalue weighted by Crippen LogP contribution is -2.36. The quantitative estimate of drug-likeness (QED) is 0.559. The summed E-state index contributed by atoms with van der Waals surface area (Å²) in [6.07, 6.45) is 0. The van der Waals surface area contributed by atoms with Gasteiger partial charge in [-0.25, -0.2) is 9.98 Å². The number of nitrogens with one attached hydrogen (secondary N) is 2. The van der Waals surface area contributed by atoms with Crippen LogP contribution >= 0.6 is 11.3 Å². The molecule has 27 heavy (non-hydrogen) atoms. The zero-order valence-corrected chi connectivity index (χ0v) is 18.0. The molecule has 0 spiro atoms. The number of para-hydroxylation sites is 1. The minimum atomic E-state index is -0.239. The Balaban J connectivity index is 2.04. The molecule has 0 aliphatic rings. The molecular formula is C20H31N5OS. The molecule has 0 bridgehead atoms. The summed E-state index contributed by atoms with van der Waals surface area (Å²) in [7, 11) is 4.00. The molecule has 1 aromatic carbocycles. The molecular weight excluding hydrogens is 358 g/mol. The van der Waals surface area contributed by atoms with E-state index in [4.69, 9.17) is 9.73 Å². The molecule has 7 heteroatoms. The number of thiazole rings is 1. The van der Waals surface area contributed by atoms with Gasteiger partial charge in [-0.2, -0.15) is 0 Å². The molecule has 2 N–H and O–H groups in total. The molecule has 0 aliphatic heterocycles. The summed E-state index contributed by atoms with van der Waals surface area (Å²) in [5.74, 6) is 1.64. The van der Waals surface area contributed by atoms with Crippen LogP contribution in [0.4, 0.5) is 5.13 Å². The number of aromatic nitrogens is 1. The van der Waals surface area contributed by atoms with Gasteiger partial charge in [0.1, 0.15) is 11.4 Å². The lowest BCUT2D eigenvalue weighted by Gasteiger charge is -2.23. The predicted octanol–water partition coefficient (Wildman–Crippen LogP) is 3.64. The van der Waals surface area contributed by atoms with Gasteiger partial charge < -0.3 is 20.3 Å². The Hall–Kier alpha value is -2.28. The molecule has 1 aromatic heterocycles. The third-order valence-electron chi connectivity index (χ3n) is 3.50. The van der Waals surface area contributed by atoms with Crippen LogP contribution < -0.4 is 20.3 Å². The summed E-state index contributed by atoms with van der Waals surface area (Å²) in [4.78, 5) is 11.3. The van der Waals surface area contributed by atoms with E-state index in [2.05, 4.69) is 54.8 Å². The van der Waals surface area contributed by atoms with Crippen molar-refractivity contribution in [3.63, 3.8) is 0 Å². The van der Waals surface area contributed by atoms with E-state index in [0.717, 1.165) is 34.6 Å². The average Bonchev–Trinajstić information content (AvgIpc) is 3.06. The Labute approximate surface area is 166 Å². The van der Waals surface area contributed by atoms with Crippen LogP contribution in [0.1, 0.15) is 39.0 Å². The Morgan fingerprint density at radius 1 is 1.22 bits per heavy atom. The van der Waals surface area contributed by atoms with Crippen LogP contribution in [0.15, 0.2) is 34.6 Å². The van der Waals surface area contributed by atoms with E-state index in [1.54, 1.807) is 11.3 Å². The fourth-order valence-corrected chi connectivity index (χ4v) is 3.09. The maximum absolute atomic E-state index is 6.06. The maximum atomic E-state index is 6.06. The summed E-state index contributed by atoms with van der Waals surface area (Å²) in [6, 6.07) is 8.05. The third kappa shape index (κ3) is 7.09. The monoisotopic (exact) mass is 389 g/mol. The van der Waals surface area contributed by atoms with Crippen molar-refractivity contribution in [1.29, 1.82) is 0 Å². The SMILES string of the molecule is CCNC(=NCc1ccccc1OC(C)(C)C)NCc1csc(N(C)C)n1. The predicted molar refractivity (Wildman–Crippen MR) is 115 cm³/mol. The Morgan fingerprint density at radius 2 is 1.96 bits per heavy atom. The van der Waals surface area contributed by atoms with Crippen LogP contribution in [0.2, 0.25) is 0 Å². The number of aliphatic imine (C=N–C) groups is 1. The zero-order valence-electron chi connectivity index (χ0n) is 17.2. The molecule has 0 fully saturated rings. The molecule has 2 rings (SSSR count).